The molecule has 1 heterocycles. The van der Waals surface area contributed by atoms with Gasteiger partial charge in [0.1, 0.15) is 0 Å². The molecule has 0 saturated carbocycles. The van der Waals surface area contributed by atoms with Crippen LogP contribution >= 0.6 is 12.2 Å². The highest BCUT2D eigenvalue weighted by atomic mass is 32.1. The van der Waals surface area contributed by atoms with Gasteiger partial charge in [0.2, 0.25) is 0 Å². The van der Waals surface area contributed by atoms with E-state index in [4.69, 9.17) is 12.2 Å². The van der Waals surface area contributed by atoms with Crippen LogP contribution in [-0.4, -0.2) is 28.6 Å². The van der Waals surface area contributed by atoms with E-state index >= 15 is 0 Å². The number of hydrogen-bond acceptors (Lipinski definition) is 1. The smallest absolute Gasteiger partial charge is 0.169 e. The summed E-state index contributed by atoms with van der Waals surface area (Å²) < 4.78 is 0. The largest absolute Gasteiger partial charge is 0.360 e. The van der Waals surface area contributed by atoms with Crippen LogP contribution in [0.5, 0.6) is 0 Å². The summed E-state index contributed by atoms with van der Waals surface area (Å²) in [5.74, 6) is 0. The van der Waals surface area contributed by atoms with Gasteiger partial charge in [0, 0.05) is 18.6 Å². The topological polar surface area (TPSA) is 15.3 Å². The van der Waals surface area contributed by atoms with Crippen molar-refractivity contribution in [2.24, 2.45) is 0 Å². The Labute approximate surface area is 99.4 Å². The summed E-state index contributed by atoms with van der Waals surface area (Å²) >= 11 is 5.46. The van der Waals surface area contributed by atoms with E-state index in [1.54, 1.807) is 0 Å². The van der Waals surface area contributed by atoms with Gasteiger partial charge in [0.15, 0.2) is 5.11 Å². The number of hydrogen-bond donors (Lipinski definition) is 1. The maximum Gasteiger partial charge on any atom is 0.169 e. The first kappa shape index (κ1) is 12.8. The van der Waals surface area contributed by atoms with Crippen molar-refractivity contribution in [2.45, 2.75) is 65.0 Å². The van der Waals surface area contributed by atoms with E-state index in [9.17, 15) is 0 Å². The van der Waals surface area contributed by atoms with Crippen LogP contribution in [0.25, 0.3) is 0 Å². The van der Waals surface area contributed by atoms with Crippen molar-refractivity contribution < 1.29 is 0 Å². The fourth-order valence-corrected chi connectivity index (χ4v) is 2.71. The average molecular weight is 228 g/mol. The van der Waals surface area contributed by atoms with Gasteiger partial charge in [-0.05, 0) is 51.7 Å². The first-order valence-electron chi connectivity index (χ1n) is 6.22. The highest BCUT2D eigenvalue weighted by molar-refractivity contribution is 7.80. The van der Waals surface area contributed by atoms with Crippen LogP contribution in [0, 0.1) is 0 Å². The summed E-state index contributed by atoms with van der Waals surface area (Å²) in [6, 6.07) is 1.13. The van der Waals surface area contributed by atoms with Crippen molar-refractivity contribution in [1.29, 1.82) is 0 Å². The molecular formula is C12H24N2S. The average Bonchev–Trinajstić information content (AvgIpc) is 2.18. The van der Waals surface area contributed by atoms with E-state index in [-0.39, 0.29) is 0 Å². The molecule has 3 heteroatoms. The maximum absolute atomic E-state index is 5.46. The molecule has 0 spiro atoms. The Morgan fingerprint density at radius 3 is 2.80 bits per heavy atom. The minimum Gasteiger partial charge on any atom is -0.360 e. The Kier molecular flexibility index (Phi) is 5.37. The quantitative estimate of drug-likeness (QED) is 0.748. The number of piperidine rings is 1. The summed E-state index contributed by atoms with van der Waals surface area (Å²) in [6.07, 6.45) is 6.50. The molecule has 15 heavy (non-hydrogen) atoms. The van der Waals surface area contributed by atoms with Gasteiger partial charge < -0.3 is 10.2 Å². The molecule has 0 aromatic rings. The van der Waals surface area contributed by atoms with Gasteiger partial charge in [-0.2, -0.15) is 0 Å². The number of nitrogens with one attached hydrogen (secondary N) is 1. The third-order valence-electron chi connectivity index (χ3n) is 2.92. The fraction of sp³-hybridized carbons (Fsp3) is 0.917. The van der Waals surface area contributed by atoms with Crippen molar-refractivity contribution in [3.63, 3.8) is 0 Å². The highest BCUT2D eigenvalue weighted by Gasteiger charge is 2.23. The van der Waals surface area contributed by atoms with Crippen molar-refractivity contribution in [3.8, 4) is 0 Å². The molecule has 0 aromatic carbocycles. The van der Waals surface area contributed by atoms with E-state index in [1.165, 1.54) is 32.1 Å². The first-order valence-corrected chi connectivity index (χ1v) is 6.63. The lowest BCUT2D eigenvalue weighted by Gasteiger charge is -2.38. The Bertz CT molecular complexity index is 202. The third-order valence-corrected chi connectivity index (χ3v) is 3.27. The van der Waals surface area contributed by atoms with E-state index in [0.717, 1.165) is 11.7 Å². The van der Waals surface area contributed by atoms with Crippen molar-refractivity contribution in [3.05, 3.63) is 0 Å². The predicted molar refractivity (Wildman–Crippen MR) is 70.1 cm³/mol. The second-order valence-electron chi connectivity index (χ2n) is 4.74. The van der Waals surface area contributed by atoms with Gasteiger partial charge in [-0.1, -0.05) is 13.3 Å². The number of nitrogens with zero attached hydrogens (tertiary/aromatic N) is 1. The van der Waals surface area contributed by atoms with Crippen molar-refractivity contribution in [2.75, 3.05) is 6.54 Å². The molecule has 2 nitrogen and oxygen atoms in total. The molecule has 0 amide bonds. The summed E-state index contributed by atoms with van der Waals surface area (Å²) in [6.45, 7) is 7.69. The molecular weight excluding hydrogens is 204 g/mol. The van der Waals surface area contributed by atoms with E-state index in [1.807, 2.05) is 0 Å². The number of likely N-dealkylation sites (tertiary alicyclic amines) is 1. The van der Waals surface area contributed by atoms with Crippen LogP contribution in [-0.2, 0) is 0 Å². The van der Waals surface area contributed by atoms with Crippen LogP contribution in [0.1, 0.15) is 52.9 Å². The standard InChI is InChI=1S/C12H24N2S/c1-4-7-11-8-5-6-9-14(11)12(15)13-10(2)3/h10-11H,4-9H2,1-3H3,(H,13,15). The van der Waals surface area contributed by atoms with Gasteiger partial charge in [-0.25, -0.2) is 0 Å². The van der Waals surface area contributed by atoms with E-state index < -0.39 is 0 Å². The molecule has 1 rings (SSSR count). The maximum atomic E-state index is 5.46. The molecule has 1 aliphatic rings. The lowest BCUT2D eigenvalue weighted by Crippen LogP contribution is -2.50. The summed E-state index contributed by atoms with van der Waals surface area (Å²) in [5.41, 5.74) is 0. The Hall–Kier alpha value is -0.310. The number of rotatable bonds is 3. The second-order valence-corrected chi connectivity index (χ2v) is 5.12. The minimum atomic E-state index is 0.446. The van der Waals surface area contributed by atoms with E-state index in [2.05, 4.69) is 31.0 Å². The molecule has 0 aromatic heterocycles. The van der Waals surface area contributed by atoms with E-state index in [0.29, 0.717) is 12.1 Å². The van der Waals surface area contributed by atoms with Crippen LogP contribution in [0.2, 0.25) is 0 Å². The molecule has 88 valence electrons. The first-order chi connectivity index (χ1) is 7.15. The summed E-state index contributed by atoms with van der Waals surface area (Å²) in [5, 5.41) is 4.32. The monoisotopic (exact) mass is 228 g/mol. The van der Waals surface area contributed by atoms with Crippen LogP contribution in [0.3, 0.4) is 0 Å². The lowest BCUT2D eigenvalue weighted by atomic mass is 9.99. The zero-order valence-electron chi connectivity index (χ0n) is 10.3. The second kappa shape index (κ2) is 6.31. The van der Waals surface area contributed by atoms with Crippen molar-refractivity contribution in [1.82, 2.24) is 10.2 Å². The van der Waals surface area contributed by atoms with Crippen LogP contribution in [0.4, 0.5) is 0 Å². The summed E-state index contributed by atoms with van der Waals surface area (Å²) in [7, 11) is 0. The van der Waals surface area contributed by atoms with Gasteiger partial charge in [-0.3, -0.25) is 0 Å². The van der Waals surface area contributed by atoms with Gasteiger partial charge in [0.25, 0.3) is 0 Å². The lowest BCUT2D eigenvalue weighted by molar-refractivity contribution is 0.225. The molecule has 0 bridgehead atoms. The molecule has 1 N–H and O–H groups in total. The normalized spacial score (nSPS) is 21.9. The highest BCUT2D eigenvalue weighted by Crippen LogP contribution is 2.20. The molecule has 1 fully saturated rings. The Balaban J connectivity index is 2.51. The Morgan fingerprint density at radius 2 is 2.20 bits per heavy atom. The molecule has 0 radical (unpaired) electrons. The predicted octanol–water partition coefficient (Wildman–Crippen LogP) is 2.92. The fourth-order valence-electron chi connectivity index (χ4n) is 2.23. The van der Waals surface area contributed by atoms with Gasteiger partial charge in [0.05, 0.1) is 0 Å². The molecule has 1 atom stereocenters. The Morgan fingerprint density at radius 1 is 1.47 bits per heavy atom. The van der Waals surface area contributed by atoms with Gasteiger partial charge in [-0.15, -0.1) is 0 Å². The third kappa shape index (κ3) is 3.98. The van der Waals surface area contributed by atoms with Crippen LogP contribution < -0.4 is 5.32 Å². The molecule has 1 unspecified atom stereocenters. The zero-order valence-corrected chi connectivity index (χ0v) is 11.1. The SMILES string of the molecule is CCCC1CCCCN1C(=S)NC(C)C. The van der Waals surface area contributed by atoms with Crippen LogP contribution in [0.15, 0.2) is 0 Å². The minimum absolute atomic E-state index is 0.446. The van der Waals surface area contributed by atoms with Gasteiger partial charge >= 0.3 is 0 Å². The molecule has 1 saturated heterocycles. The summed E-state index contributed by atoms with van der Waals surface area (Å²) in [4.78, 5) is 2.41. The zero-order chi connectivity index (χ0) is 11.3. The van der Waals surface area contributed by atoms with Crippen molar-refractivity contribution >= 4 is 17.3 Å². The number of thiocarbonyl (C=S) groups is 1. The molecule has 1 aliphatic heterocycles. The molecule has 0 aliphatic carbocycles.